The molecule has 0 amide bonds. The Labute approximate surface area is 332 Å². The summed E-state index contributed by atoms with van der Waals surface area (Å²) in [6.45, 7) is 32.7. The summed E-state index contributed by atoms with van der Waals surface area (Å²) in [5.74, 6) is 0.942. The molecule has 2 aliphatic heterocycles. The number of ether oxygens (including phenoxy) is 6. The second-order valence-electron chi connectivity index (χ2n) is 19.9. The zero-order valence-corrected chi connectivity index (χ0v) is 36.4. The van der Waals surface area contributed by atoms with Crippen molar-refractivity contribution >= 4 is 0 Å². The van der Waals surface area contributed by atoms with E-state index in [1.54, 1.807) is 12.5 Å². The van der Waals surface area contributed by atoms with Gasteiger partial charge in [-0.3, -0.25) is 0 Å². The van der Waals surface area contributed by atoms with E-state index in [2.05, 4.69) is 95.2 Å². The van der Waals surface area contributed by atoms with Crippen LogP contribution in [0.2, 0.25) is 0 Å². The molecule has 2 fully saturated rings. The van der Waals surface area contributed by atoms with Gasteiger partial charge in [-0.15, -0.1) is 0 Å². The molecule has 2 aliphatic rings. The molecule has 55 heavy (non-hydrogen) atoms. The lowest BCUT2D eigenvalue weighted by Crippen LogP contribution is -2.55. The quantitative estimate of drug-likeness (QED) is 0.184. The molecule has 0 radical (unpaired) electrons. The minimum absolute atomic E-state index is 0.0894. The van der Waals surface area contributed by atoms with Crippen LogP contribution in [0.5, 0.6) is 11.5 Å². The summed E-state index contributed by atoms with van der Waals surface area (Å²) in [5, 5.41) is 21.1. The third-order valence-electron chi connectivity index (χ3n) is 11.8. The average molecular weight is 765 g/mol. The Balaban J connectivity index is 1.19. The lowest BCUT2D eigenvalue weighted by molar-refractivity contribution is -0.327. The highest BCUT2D eigenvalue weighted by atomic mass is 16.7. The number of allylic oxidation sites excluding steroid dienone is 2. The molecule has 2 aromatic carbocycles. The van der Waals surface area contributed by atoms with Crippen LogP contribution >= 0.6 is 0 Å². The van der Waals surface area contributed by atoms with E-state index in [0.717, 1.165) is 46.2 Å². The summed E-state index contributed by atoms with van der Waals surface area (Å²) in [6.07, 6.45) is 8.39. The number of hydrogen-bond acceptors (Lipinski definition) is 8. The summed E-state index contributed by atoms with van der Waals surface area (Å²) in [7, 11) is 0. The van der Waals surface area contributed by atoms with Gasteiger partial charge < -0.3 is 38.6 Å². The van der Waals surface area contributed by atoms with Crippen LogP contribution in [0, 0.1) is 41.9 Å². The zero-order chi connectivity index (χ0) is 41.0. The monoisotopic (exact) mass is 765 g/mol. The molecule has 0 bridgehead atoms. The molecule has 2 heterocycles. The molecular formula is C47H72O8. The average Bonchev–Trinajstić information content (AvgIpc) is 3.09. The van der Waals surface area contributed by atoms with E-state index in [9.17, 15) is 10.2 Å². The Hall–Kier alpha value is -3.04. The van der Waals surface area contributed by atoms with E-state index in [1.807, 2.05) is 38.1 Å². The molecule has 2 saturated heterocycles. The van der Waals surface area contributed by atoms with Crippen molar-refractivity contribution in [1.82, 2.24) is 0 Å². The molecule has 4 rings (SSSR count). The Bertz CT molecular complexity index is 1500. The van der Waals surface area contributed by atoms with Crippen LogP contribution in [0.15, 0.2) is 48.9 Å². The summed E-state index contributed by atoms with van der Waals surface area (Å²) in [6, 6.07) is 8.26. The fourth-order valence-electron chi connectivity index (χ4n) is 7.08. The number of aromatic hydroxyl groups is 2. The smallest absolute Gasteiger partial charge is 0.160 e. The van der Waals surface area contributed by atoms with Crippen LogP contribution in [0.25, 0.3) is 0 Å². The van der Waals surface area contributed by atoms with E-state index >= 15 is 0 Å². The van der Waals surface area contributed by atoms with Crippen molar-refractivity contribution in [2.75, 3.05) is 39.6 Å². The minimum atomic E-state index is -0.344. The van der Waals surface area contributed by atoms with Gasteiger partial charge in [0, 0.05) is 22.7 Å². The molecular weight excluding hydrogens is 693 g/mol. The van der Waals surface area contributed by atoms with Crippen molar-refractivity contribution in [3.8, 4) is 11.5 Å². The van der Waals surface area contributed by atoms with Crippen molar-refractivity contribution < 1.29 is 38.6 Å². The van der Waals surface area contributed by atoms with Gasteiger partial charge in [0.25, 0.3) is 0 Å². The van der Waals surface area contributed by atoms with Gasteiger partial charge in [0.2, 0.25) is 0 Å². The van der Waals surface area contributed by atoms with Crippen LogP contribution in [0.3, 0.4) is 0 Å². The number of rotatable bonds is 14. The van der Waals surface area contributed by atoms with E-state index in [4.69, 9.17) is 28.4 Å². The first kappa shape index (κ1) is 44.7. The van der Waals surface area contributed by atoms with Gasteiger partial charge in [0.15, 0.2) is 12.6 Å². The number of phenols is 2. The predicted molar refractivity (Wildman–Crippen MR) is 220 cm³/mol. The summed E-state index contributed by atoms with van der Waals surface area (Å²) >= 11 is 0. The van der Waals surface area contributed by atoms with Crippen molar-refractivity contribution in [2.45, 2.75) is 133 Å². The van der Waals surface area contributed by atoms with Crippen molar-refractivity contribution in [3.63, 3.8) is 0 Å². The molecule has 1 spiro atoms. The van der Waals surface area contributed by atoms with E-state index in [1.165, 1.54) is 0 Å². The van der Waals surface area contributed by atoms with Crippen molar-refractivity contribution in [3.05, 3.63) is 82.3 Å². The fourth-order valence-corrected chi connectivity index (χ4v) is 7.08. The fraction of sp³-hybridized carbons (Fsp3) is 0.660. The lowest BCUT2D eigenvalue weighted by atomic mass is 9.79. The molecule has 308 valence electrons. The maximum Gasteiger partial charge on any atom is 0.160 e. The highest BCUT2D eigenvalue weighted by Crippen LogP contribution is 2.41. The Kier molecular flexibility index (Phi) is 14.3. The molecule has 2 N–H and O–H groups in total. The van der Waals surface area contributed by atoms with Gasteiger partial charge in [-0.1, -0.05) is 107 Å². The molecule has 0 aliphatic carbocycles. The van der Waals surface area contributed by atoms with Crippen molar-refractivity contribution in [2.24, 2.45) is 28.1 Å². The van der Waals surface area contributed by atoms with Crippen LogP contribution in [0.1, 0.15) is 116 Å². The predicted octanol–water partition coefficient (Wildman–Crippen LogP) is 10.2. The zero-order valence-electron chi connectivity index (χ0n) is 36.4. The first-order chi connectivity index (χ1) is 25.5. The van der Waals surface area contributed by atoms with Gasteiger partial charge in [0.1, 0.15) is 11.5 Å². The summed E-state index contributed by atoms with van der Waals surface area (Å²) < 4.78 is 37.5. The highest BCUT2D eigenvalue weighted by Gasteiger charge is 2.47. The topological polar surface area (TPSA) is 95.8 Å². The first-order valence-corrected chi connectivity index (χ1v) is 20.1. The second kappa shape index (κ2) is 17.6. The number of aryl methyl sites for hydroxylation is 2. The van der Waals surface area contributed by atoms with Gasteiger partial charge in [-0.2, -0.15) is 0 Å². The van der Waals surface area contributed by atoms with Crippen LogP contribution in [-0.2, 0) is 52.1 Å². The normalized spacial score (nSPS) is 22.7. The maximum absolute atomic E-state index is 10.5. The molecule has 2 aromatic rings. The number of benzene rings is 2. The molecule has 8 heteroatoms. The number of phenolic OH excluding ortho intramolecular Hbond substituents is 2. The SMILES string of the molecule is Cc1cc(CC=COCC(C)(C)C(C)C2OCC3(CO2)COC(C(C)C(C)(C)COC=CCc2cc(C)c(O)c(C(C)(C)C)c2)OC3)cc(C(C)(C)C)c1O. The van der Waals surface area contributed by atoms with E-state index in [-0.39, 0.29) is 51.5 Å². The largest absolute Gasteiger partial charge is 0.507 e. The molecule has 0 saturated carbocycles. The van der Waals surface area contributed by atoms with Gasteiger partial charge in [-0.25, -0.2) is 0 Å². The molecule has 0 aromatic heterocycles. The highest BCUT2D eigenvalue weighted by molar-refractivity contribution is 5.47. The number of hydrogen-bond donors (Lipinski definition) is 2. The van der Waals surface area contributed by atoms with E-state index < -0.39 is 0 Å². The van der Waals surface area contributed by atoms with Crippen LogP contribution in [0.4, 0.5) is 0 Å². The third-order valence-corrected chi connectivity index (χ3v) is 11.8. The lowest BCUT2D eigenvalue weighted by Gasteiger charge is -2.48. The molecule has 8 nitrogen and oxygen atoms in total. The minimum Gasteiger partial charge on any atom is -0.507 e. The van der Waals surface area contributed by atoms with Crippen LogP contribution < -0.4 is 0 Å². The Morgan fingerprint density at radius 3 is 1.25 bits per heavy atom. The standard InChI is InChI=1S/C47H72O8/c1-31-21-35(23-37(39(31)48)43(5,6)7)17-15-19-50-25-45(11,12)33(3)41-52-27-47(28-53-41)29-54-42(55-30-47)34(4)46(13,14)26-51-20-16-18-36-22-32(2)40(49)38(24-36)44(8,9)10/h15-16,19-24,33-34,41-42,48-49H,17-18,25-30H2,1-14H3. The van der Waals surface area contributed by atoms with Gasteiger partial charge in [-0.05, 0) is 83.1 Å². The second-order valence-corrected chi connectivity index (χ2v) is 19.9. The van der Waals surface area contributed by atoms with E-state index in [0.29, 0.717) is 51.1 Å². The Morgan fingerprint density at radius 2 is 0.945 bits per heavy atom. The van der Waals surface area contributed by atoms with Gasteiger partial charge >= 0.3 is 0 Å². The molecule has 2 atom stereocenters. The maximum atomic E-state index is 10.5. The van der Waals surface area contributed by atoms with Crippen molar-refractivity contribution in [1.29, 1.82) is 0 Å². The molecule has 2 unspecified atom stereocenters. The first-order valence-electron chi connectivity index (χ1n) is 20.1. The van der Waals surface area contributed by atoms with Crippen LogP contribution in [-0.4, -0.2) is 62.4 Å². The third kappa shape index (κ3) is 11.5. The summed E-state index contributed by atoms with van der Waals surface area (Å²) in [4.78, 5) is 0. The summed E-state index contributed by atoms with van der Waals surface area (Å²) in [5.41, 5.74) is 5.02. The van der Waals surface area contributed by atoms with Gasteiger partial charge in [0.05, 0.1) is 57.6 Å². The Morgan fingerprint density at radius 1 is 0.618 bits per heavy atom.